The summed E-state index contributed by atoms with van der Waals surface area (Å²) in [5.74, 6) is 0.578. The van der Waals surface area contributed by atoms with Gasteiger partial charge in [-0.25, -0.2) is 0 Å². The number of hydrogen-bond donors (Lipinski definition) is 2. The van der Waals surface area contributed by atoms with Gasteiger partial charge in [0.1, 0.15) is 5.75 Å². The minimum Gasteiger partial charge on any atom is -0.491 e. The van der Waals surface area contributed by atoms with E-state index in [-0.39, 0.29) is 5.91 Å². The van der Waals surface area contributed by atoms with E-state index >= 15 is 0 Å². The van der Waals surface area contributed by atoms with E-state index in [1.54, 1.807) is 7.11 Å². The molecule has 5 nitrogen and oxygen atoms in total. The zero-order valence-electron chi connectivity index (χ0n) is 12.6. The predicted octanol–water partition coefficient (Wildman–Crippen LogP) is 1.98. The Morgan fingerprint density at radius 1 is 1.33 bits per heavy atom. The van der Waals surface area contributed by atoms with Crippen molar-refractivity contribution in [3.63, 3.8) is 0 Å². The molecule has 0 aromatic heterocycles. The average Bonchev–Trinajstić information content (AvgIpc) is 2.46. The highest BCUT2D eigenvalue weighted by molar-refractivity contribution is 6.32. The summed E-state index contributed by atoms with van der Waals surface area (Å²) in [5, 5.41) is 6.52. The first-order chi connectivity index (χ1) is 10.2. The number of nitrogens with one attached hydrogen (secondary N) is 2. The topological polar surface area (TPSA) is 59.6 Å². The summed E-state index contributed by atoms with van der Waals surface area (Å²) in [5.41, 5.74) is 1.08. The van der Waals surface area contributed by atoms with Crippen molar-refractivity contribution in [1.82, 2.24) is 10.6 Å². The molecule has 0 unspecified atom stereocenters. The van der Waals surface area contributed by atoms with Gasteiger partial charge in [0, 0.05) is 26.7 Å². The van der Waals surface area contributed by atoms with Crippen LogP contribution in [0.4, 0.5) is 0 Å². The van der Waals surface area contributed by atoms with Gasteiger partial charge in [0.2, 0.25) is 5.91 Å². The van der Waals surface area contributed by atoms with Crippen LogP contribution in [0, 0.1) is 0 Å². The Morgan fingerprint density at radius 2 is 2.14 bits per heavy atom. The van der Waals surface area contributed by atoms with Gasteiger partial charge < -0.3 is 20.1 Å². The van der Waals surface area contributed by atoms with Crippen LogP contribution in [0.1, 0.15) is 18.9 Å². The van der Waals surface area contributed by atoms with Crippen molar-refractivity contribution < 1.29 is 14.3 Å². The van der Waals surface area contributed by atoms with Gasteiger partial charge in [0.25, 0.3) is 0 Å². The number of rotatable bonds is 10. The lowest BCUT2D eigenvalue weighted by Crippen LogP contribution is -2.24. The SMILES string of the molecule is CCNC(=O)CCOc1ccc(CNCCOC)cc1Cl. The molecule has 0 radical (unpaired) electrons. The van der Waals surface area contributed by atoms with Crippen LogP contribution in [0.25, 0.3) is 0 Å². The quantitative estimate of drug-likeness (QED) is 0.648. The predicted molar refractivity (Wildman–Crippen MR) is 83.8 cm³/mol. The average molecular weight is 315 g/mol. The van der Waals surface area contributed by atoms with E-state index in [2.05, 4.69) is 10.6 Å². The van der Waals surface area contributed by atoms with Gasteiger partial charge in [0.15, 0.2) is 0 Å². The summed E-state index contributed by atoms with van der Waals surface area (Å²) in [6, 6.07) is 5.64. The van der Waals surface area contributed by atoms with Gasteiger partial charge in [-0.05, 0) is 24.6 Å². The van der Waals surface area contributed by atoms with Crippen LogP contribution >= 0.6 is 11.6 Å². The summed E-state index contributed by atoms with van der Waals surface area (Å²) >= 11 is 6.17. The molecule has 2 N–H and O–H groups in total. The Kier molecular flexibility index (Phi) is 8.82. The van der Waals surface area contributed by atoms with E-state index in [0.29, 0.717) is 37.0 Å². The molecule has 0 fully saturated rings. The van der Waals surface area contributed by atoms with Gasteiger partial charge >= 0.3 is 0 Å². The largest absolute Gasteiger partial charge is 0.491 e. The Labute approximate surface area is 131 Å². The number of hydrogen-bond acceptors (Lipinski definition) is 4. The van der Waals surface area contributed by atoms with Crippen molar-refractivity contribution in [2.24, 2.45) is 0 Å². The molecular formula is C15H23ClN2O3. The smallest absolute Gasteiger partial charge is 0.223 e. The second-order valence-corrected chi connectivity index (χ2v) is 4.89. The number of methoxy groups -OCH3 is 1. The normalized spacial score (nSPS) is 10.4. The number of benzene rings is 1. The van der Waals surface area contributed by atoms with Gasteiger partial charge in [-0.2, -0.15) is 0 Å². The van der Waals surface area contributed by atoms with E-state index in [1.807, 2.05) is 25.1 Å². The number of carbonyl (C=O) groups is 1. The van der Waals surface area contributed by atoms with E-state index in [0.717, 1.165) is 18.7 Å². The molecule has 21 heavy (non-hydrogen) atoms. The third-order valence-electron chi connectivity index (χ3n) is 2.77. The molecule has 1 aromatic rings. The number of amides is 1. The Bertz CT molecular complexity index is 441. The van der Waals surface area contributed by atoms with Crippen molar-refractivity contribution in [3.05, 3.63) is 28.8 Å². The first-order valence-corrected chi connectivity index (χ1v) is 7.42. The lowest BCUT2D eigenvalue weighted by atomic mass is 10.2. The molecule has 0 bridgehead atoms. The molecule has 0 saturated heterocycles. The maximum Gasteiger partial charge on any atom is 0.223 e. The van der Waals surface area contributed by atoms with Crippen LogP contribution in [0.5, 0.6) is 5.75 Å². The molecule has 0 aliphatic rings. The van der Waals surface area contributed by atoms with E-state index in [9.17, 15) is 4.79 Å². The van der Waals surface area contributed by atoms with E-state index in [1.165, 1.54) is 0 Å². The minimum atomic E-state index is -0.0208. The van der Waals surface area contributed by atoms with Crippen LogP contribution < -0.4 is 15.4 Å². The van der Waals surface area contributed by atoms with Gasteiger partial charge in [0.05, 0.1) is 24.7 Å². The molecule has 0 saturated carbocycles. The van der Waals surface area contributed by atoms with Crippen molar-refractivity contribution in [3.8, 4) is 5.75 Å². The molecule has 6 heteroatoms. The van der Waals surface area contributed by atoms with Crippen LogP contribution in [-0.4, -0.2) is 39.3 Å². The van der Waals surface area contributed by atoms with Crippen molar-refractivity contribution in [2.75, 3.05) is 33.4 Å². The first kappa shape index (κ1) is 17.8. The van der Waals surface area contributed by atoms with E-state index < -0.39 is 0 Å². The molecule has 0 atom stereocenters. The fraction of sp³-hybridized carbons (Fsp3) is 0.533. The monoisotopic (exact) mass is 314 g/mol. The summed E-state index contributed by atoms with van der Waals surface area (Å²) in [6.07, 6.45) is 0.324. The zero-order valence-corrected chi connectivity index (χ0v) is 13.3. The Balaban J connectivity index is 2.37. The van der Waals surface area contributed by atoms with Crippen LogP contribution in [0.2, 0.25) is 5.02 Å². The molecule has 0 aliphatic heterocycles. The van der Waals surface area contributed by atoms with Crippen LogP contribution in [0.3, 0.4) is 0 Å². The van der Waals surface area contributed by atoms with Crippen molar-refractivity contribution >= 4 is 17.5 Å². The second-order valence-electron chi connectivity index (χ2n) is 4.49. The summed E-state index contributed by atoms with van der Waals surface area (Å²) in [6.45, 7) is 5.02. The third kappa shape index (κ3) is 7.32. The summed E-state index contributed by atoms with van der Waals surface area (Å²) < 4.78 is 10.5. The van der Waals surface area contributed by atoms with Crippen molar-refractivity contribution in [2.45, 2.75) is 19.9 Å². The standard InChI is InChI=1S/C15H23ClN2O3/c1-3-18-15(19)6-8-21-14-5-4-12(10-13(14)16)11-17-7-9-20-2/h4-5,10,17H,3,6-9,11H2,1-2H3,(H,18,19). The highest BCUT2D eigenvalue weighted by atomic mass is 35.5. The molecule has 1 rings (SSSR count). The molecule has 1 amide bonds. The number of carbonyl (C=O) groups excluding carboxylic acids is 1. The molecule has 118 valence electrons. The highest BCUT2D eigenvalue weighted by Crippen LogP contribution is 2.25. The molecule has 0 aliphatic carbocycles. The van der Waals surface area contributed by atoms with Crippen LogP contribution in [-0.2, 0) is 16.1 Å². The van der Waals surface area contributed by atoms with Gasteiger partial charge in [-0.1, -0.05) is 17.7 Å². The zero-order chi connectivity index (χ0) is 15.5. The highest BCUT2D eigenvalue weighted by Gasteiger charge is 2.05. The summed E-state index contributed by atoms with van der Waals surface area (Å²) in [4.78, 5) is 11.3. The van der Waals surface area contributed by atoms with E-state index in [4.69, 9.17) is 21.1 Å². The maximum atomic E-state index is 11.3. The van der Waals surface area contributed by atoms with Crippen LogP contribution in [0.15, 0.2) is 18.2 Å². The lowest BCUT2D eigenvalue weighted by Gasteiger charge is -2.10. The molecule has 0 spiro atoms. The molecular weight excluding hydrogens is 292 g/mol. The van der Waals surface area contributed by atoms with Gasteiger partial charge in [-0.3, -0.25) is 4.79 Å². The minimum absolute atomic E-state index is 0.0208. The molecule has 1 aromatic carbocycles. The Morgan fingerprint density at radius 3 is 2.81 bits per heavy atom. The lowest BCUT2D eigenvalue weighted by molar-refractivity contribution is -0.121. The summed E-state index contributed by atoms with van der Waals surface area (Å²) in [7, 11) is 1.67. The Hall–Kier alpha value is -1.30. The second kappa shape index (κ2) is 10.4. The fourth-order valence-corrected chi connectivity index (χ4v) is 1.98. The molecule has 0 heterocycles. The van der Waals surface area contributed by atoms with Gasteiger partial charge in [-0.15, -0.1) is 0 Å². The number of ether oxygens (including phenoxy) is 2. The van der Waals surface area contributed by atoms with Crippen molar-refractivity contribution in [1.29, 1.82) is 0 Å². The third-order valence-corrected chi connectivity index (χ3v) is 3.06. The fourth-order valence-electron chi connectivity index (χ4n) is 1.72. The number of halogens is 1. The first-order valence-electron chi connectivity index (χ1n) is 7.05. The maximum absolute atomic E-state index is 11.3.